The second-order valence-electron chi connectivity index (χ2n) is 6.72. The average Bonchev–Trinajstić information content (AvgIpc) is 2.59. The van der Waals surface area contributed by atoms with E-state index in [2.05, 4.69) is 6.92 Å². The molecule has 2 aromatic carbocycles. The van der Waals surface area contributed by atoms with E-state index in [0.29, 0.717) is 19.4 Å². The lowest BCUT2D eigenvalue weighted by Gasteiger charge is -2.36. The topological polar surface area (TPSA) is 46.5 Å². The number of aliphatic hydroxyl groups is 1. The van der Waals surface area contributed by atoms with E-state index >= 15 is 0 Å². The average molecular weight is 340 g/mol. The molecule has 134 valence electrons. The molecular formula is C22H28O3. The number of benzene rings is 2. The van der Waals surface area contributed by atoms with Gasteiger partial charge in [0.1, 0.15) is 11.4 Å². The van der Waals surface area contributed by atoms with Crippen molar-refractivity contribution in [3.8, 4) is 0 Å². The van der Waals surface area contributed by atoms with Gasteiger partial charge in [-0.1, -0.05) is 74.0 Å². The van der Waals surface area contributed by atoms with E-state index in [4.69, 9.17) is 4.74 Å². The zero-order chi connectivity index (χ0) is 18.1. The summed E-state index contributed by atoms with van der Waals surface area (Å²) in [4.78, 5) is 11.8. The normalized spacial score (nSPS) is 14.7. The maximum atomic E-state index is 11.8. The number of ketones is 1. The van der Waals surface area contributed by atoms with Crippen LogP contribution in [0.3, 0.4) is 0 Å². The monoisotopic (exact) mass is 340 g/mol. The maximum Gasteiger partial charge on any atom is 0.132 e. The first kappa shape index (κ1) is 19.4. The van der Waals surface area contributed by atoms with Gasteiger partial charge in [-0.2, -0.15) is 0 Å². The molecule has 3 nitrogen and oxygen atoms in total. The van der Waals surface area contributed by atoms with Gasteiger partial charge in [0.25, 0.3) is 0 Å². The first-order valence-electron chi connectivity index (χ1n) is 8.95. The van der Waals surface area contributed by atoms with Crippen molar-refractivity contribution in [2.75, 3.05) is 0 Å². The minimum absolute atomic E-state index is 0.0251. The highest BCUT2D eigenvalue weighted by molar-refractivity contribution is 5.76. The molecular weight excluding hydrogens is 312 g/mol. The van der Waals surface area contributed by atoms with Gasteiger partial charge in [-0.05, 0) is 24.5 Å². The van der Waals surface area contributed by atoms with E-state index in [0.717, 1.165) is 17.5 Å². The zero-order valence-electron chi connectivity index (χ0n) is 15.2. The molecule has 0 spiro atoms. The Morgan fingerprint density at radius 3 is 2.12 bits per heavy atom. The van der Waals surface area contributed by atoms with Crippen molar-refractivity contribution >= 4 is 5.78 Å². The summed E-state index contributed by atoms with van der Waals surface area (Å²) in [6, 6.07) is 19.7. The predicted octanol–water partition coefficient (Wildman–Crippen LogP) is 4.32. The van der Waals surface area contributed by atoms with E-state index < -0.39 is 5.60 Å². The smallest absolute Gasteiger partial charge is 0.132 e. The molecule has 3 heteroatoms. The predicted molar refractivity (Wildman–Crippen MR) is 100 cm³/mol. The molecule has 2 rings (SSSR count). The van der Waals surface area contributed by atoms with Gasteiger partial charge in [0, 0.05) is 12.8 Å². The van der Waals surface area contributed by atoms with Crippen LogP contribution in [0.1, 0.15) is 44.2 Å². The fourth-order valence-corrected chi connectivity index (χ4v) is 3.21. The first-order valence-corrected chi connectivity index (χ1v) is 8.95. The van der Waals surface area contributed by atoms with Gasteiger partial charge in [-0.15, -0.1) is 0 Å². The van der Waals surface area contributed by atoms with Crippen molar-refractivity contribution in [3.05, 3.63) is 71.8 Å². The van der Waals surface area contributed by atoms with Crippen molar-refractivity contribution in [2.24, 2.45) is 0 Å². The Balaban J connectivity index is 2.18. The fourth-order valence-electron chi connectivity index (χ4n) is 3.21. The molecule has 0 bridgehead atoms. The molecule has 1 N–H and O–H groups in total. The molecule has 0 fully saturated rings. The summed E-state index contributed by atoms with van der Waals surface area (Å²) in [5.74, 6) is -0.0251. The van der Waals surface area contributed by atoms with Gasteiger partial charge < -0.3 is 9.84 Å². The van der Waals surface area contributed by atoms with Crippen molar-refractivity contribution < 1.29 is 14.6 Å². The summed E-state index contributed by atoms with van der Waals surface area (Å²) in [6.07, 6.45) is 1.72. The molecule has 0 aliphatic heterocycles. The molecule has 0 radical (unpaired) electrons. The molecule has 0 aromatic heterocycles. The zero-order valence-corrected chi connectivity index (χ0v) is 15.2. The van der Waals surface area contributed by atoms with E-state index in [-0.39, 0.29) is 18.3 Å². The third kappa shape index (κ3) is 6.11. The minimum Gasteiger partial charge on any atom is -0.386 e. The molecule has 0 heterocycles. The lowest BCUT2D eigenvalue weighted by Crippen LogP contribution is -2.47. The molecule has 0 saturated carbocycles. The van der Waals surface area contributed by atoms with Gasteiger partial charge >= 0.3 is 0 Å². The summed E-state index contributed by atoms with van der Waals surface area (Å²) in [5.41, 5.74) is 0.877. The Kier molecular flexibility index (Phi) is 7.35. The highest BCUT2D eigenvalue weighted by Crippen LogP contribution is 2.28. The molecule has 0 unspecified atom stereocenters. The van der Waals surface area contributed by atoms with Gasteiger partial charge in [0.15, 0.2) is 0 Å². The summed E-state index contributed by atoms with van der Waals surface area (Å²) in [5, 5.41) is 11.4. The Hall–Kier alpha value is -1.97. The summed E-state index contributed by atoms with van der Waals surface area (Å²) < 4.78 is 6.10. The molecule has 2 atom stereocenters. The standard InChI is InChI=1S/C22H28O3/c1-3-10-21(25-17-20-13-8-5-9-14-20)22(24,15-18(2)23)16-19-11-6-4-7-12-19/h4-9,11-14,21,24H,3,10,15-17H2,1-2H3/t21-,22+/m0/s1. The van der Waals surface area contributed by atoms with Gasteiger partial charge in [0.05, 0.1) is 12.7 Å². The third-order valence-electron chi connectivity index (χ3n) is 4.35. The SMILES string of the molecule is CCC[C@H](OCc1ccccc1)[C@@](O)(CC(C)=O)Cc1ccccc1. The van der Waals surface area contributed by atoms with Crippen LogP contribution in [0, 0.1) is 0 Å². The van der Waals surface area contributed by atoms with E-state index in [9.17, 15) is 9.90 Å². The Morgan fingerprint density at radius 1 is 1.04 bits per heavy atom. The van der Waals surface area contributed by atoms with Gasteiger partial charge in [-0.25, -0.2) is 0 Å². The van der Waals surface area contributed by atoms with Gasteiger partial charge in [0.2, 0.25) is 0 Å². The first-order chi connectivity index (χ1) is 12.0. The molecule has 0 aliphatic carbocycles. The third-order valence-corrected chi connectivity index (χ3v) is 4.35. The second-order valence-corrected chi connectivity index (χ2v) is 6.72. The lowest BCUT2D eigenvalue weighted by atomic mass is 9.82. The van der Waals surface area contributed by atoms with Gasteiger partial charge in [-0.3, -0.25) is 4.79 Å². The Morgan fingerprint density at radius 2 is 1.60 bits per heavy atom. The lowest BCUT2D eigenvalue weighted by molar-refractivity contribution is -0.140. The van der Waals surface area contributed by atoms with Crippen molar-refractivity contribution in [1.82, 2.24) is 0 Å². The minimum atomic E-state index is -1.20. The van der Waals surface area contributed by atoms with E-state index in [1.165, 1.54) is 6.92 Å². The van der Waals surface area contributed by atoms with E-state index in [1.807, 2.05) is 60.7 Å². The number of ether oxygens (including phenoxy) is 1. The Labute approximate surface area is 150 Å². The summed E-state index contributed by atoms with van der Waals surface area (Å²) in [7, 11) is 0. The number of rotatable bonds is 10. The van der Waals surface area contributed by atoms with E-state index in [1.54, 1.807) is 0 Å². The van der Waals surface area contributed by atoms with Crippen LogP contribution in [0.25, 0.3) is 0 Å². The number of carbonyl (C=O) groups excluding carboxylic acids is 1. The highest BCUT2D eigenvalue weighted by atomic mass is 16.5. The molecule has 0 aliphatic rings. The molecule has 2 aromatic rings. The van der Waals surface area contributed by atoms with Crippen LogP contribution in [-0.2, 0) is 22.6 Å². The molecule has 25 heavy (non-hydrogen) atoms. The van der Waals surface area contributed by atoms with Crippen LogP contribution in [-0.4, -0.2) is 22.6 Å². The van der Waals surface area contributed by atoms with Crippen LogP contribution in [0.4, 0.5) is 0 Å². The number of hydrogen-bond donors (Lipinski definition) is 1. The van der Waals surface area contributed by atoms with Crippen LogP contribution in [0.15, 0.2) is 60.7 Å². The molecule has 0 amide bonds. The van der Waals surface area contributed by atoms with Crippen LogP contribution >= 0.6 is 0 Å². The Bertz CT molecular complexity index is 639. The molecule has 0 saturated heterocycles. The fraction of sp³-hybridized carbons (Fsp3) is 0.409. The summed E-state index contributed by atoms with van der Waals surface area (Å²) >= 11 is 0. The second kappa shape index (κ2) is 9.50. The quantitative estimate of drug-likeness (QED) is 0.700. The van der Waals surface area contributed by atoms with Crippen molar-refractivity contribution in [3.63, 3.8) is 0 Å². The summed E-state index contributed by atoms with van der Waals surface area (Å²) in [6.45, 7) is 4.02. The van der Waals surface area contributed by atoms with Crippen molar-refractivity contribution in [2.45, 2.75) is 57.8 Å². The number of hydrogen-bond acceptors (Lipinski definition) is 3. The number of Topliss-reactive ketones (excluding diaryl/α,β-unsaturated/α-hetero) is 1. The highest BCUT2D eigenvalue weighted by Gasteiger charge is 2.38. The number of carbonyl (C=O) groups is 1. The van der Waals surface area contributed by atoms with Crippen LogP contribution in [0.2, 0.25) is 0 Å². The van der Waals surface area contributed by atoms with Crippen molar-refractivity contribution in [1.29, 1.82) is 0 Å². The van der Waals surface area contributed by atoms with Crippen LogP contribution < -0.4 is 0 Å². The maximum absolute atomic E-state index is 11.8. The van der Waals surface area contributed by atoms with Crippen LogP contribution in [0.5, 0.6) is 0 Å². The largest absolute Gasteiger partial charge is 0.386 e.